The van der Waals surface area contributed by atoms with Gasteiger partial charge in [-0.3, -0.25) is 0 Å². The van der Waals surface area contributed by atoms with Gasteiger partial charge in [0, 0.05) is 0 Å². The van der Waals surface area contributed by atoms with Crippen molar-refractivity contribution in [3.63, 3.8) is 0 Å². The molecule has 0 amide bonds. The van der Waals surface area contributed by atoms with Gasteiger partial charge in [0.25, 0.3) is 0 Å². The van der Waals surface area contributed by atoms with Crippen molar-refractivity contribution in [2.45, 2.75) is 26.4 Å². The Hall–Kier alpha value is -1.57. The number of carbonyl (C=O) groups excluding carboxylic acids is 1. The maximum Gasteiger partial charge on any atom is 0.338 e. The Bertz CT molecular complexity index is 341. The van der Waals surface area contributed by atoms with Crippen molar-refractivity contribution in [2.24, 2.45) is 0 Å². The van der Waals surface area contributed by atoms with E-state index in [1.807, 2.05) is 44.2 Å². The predicted molar refractivity (Wildman–Crippen MR) is 61.3 cm³/mol. The average molecular weight is 204 g/mol. The van der Waals surface area contributed by atoms with E-state index in [1.165, 1.54) is 0 Å². The van der Waals surface area contributed by atoms with Gasteiger partial charge in [0.1, 0.15) is 0 Å². The fourth-order valence-electron chi connectivity index (χ4n) is 1.09. The predicted octanol–water partition coefficient (Wildman–Crippen LogP) is 3.04. The smallest absolute Gasteiger partial charge is 0.338 e. The highest BCUT2D eigenvalue weighted by Gasteiger charge is 2.12. The zero-order valence-corrected chi connectivity index (χ0v) is 9.19. The largest absolute Gasteiger partial charge is 0.459 e. The molecule has 1 aromatic carbocycles. The molecule has 15 heavy (non-hydrogen) atoms. The van der Waals surface area contributed by atoms with Crippen molar-refractivity contribution in [3.05, 3.63) is 42.5 Å². The molecule has 0 heterocycles. The summed E-state index contributed by atoms with van der Waals surface area (Å²) in [4.78, 5) is 11.6. The van der Waals surface area contributed by atoms with Gasteiger partial charge in [0.15, 0.2) is 0 Å². The third-order valence-corrected chi connectivity index (χ3v) is 2.25. The van der Waals surface area contributed by atoms with Crippen LogP contribution in [0.15, 0.2) is 36.9 Å². The van der Waals surface area contributed by atoms with Crippen LogP contribution in [-0.4, -0.2) is 12.1 Å². The Labute approximate surface area is 90.6 Å². The Morgan fingerprint density at radius 2 is 2.00 bits per heavy atom. The van der Waals surface area contributed by atoms with Crippen LogP contribution in [0.1, 0.15) is 25.8 Å². The fourth-order valence-corrected chi connectivity index (χ4v) is 1.09. The third-order valence-electron chi connectivity index (χ3n) is 2.25. The van der Waals surface area contributed by atoms with E-state index in [9.17, 15) is 4.79 Å². The summed E-state index contributed by atoms with van der Waals surface area (Å²) >= 11 is 0. The minimum Gasteiger partial charge on any atom is -0.459 e. The fraction of sp³-hybridized carbons (Fsp3) is 0.308. The van der Waals surface area contributed by atoms with Gasteiger partial charge in [-0.15, -0.1) is 0 Å². The Morgan fingerprint density at radius 1 is 1.40 bits per heavy atom. The molecule has 1 aromatic rings. The second-order valence-electron chi connectivity index (χ2n) is 3.47. The van der Waals surface area contributed by atoms with Gasteiger partial charge in [-0.25, -0.2) is 4.79 Å². The summed E-state index contributed by atoms with van der Waals surface area (Å²) in [7, 11) is 0. The number of carbonyl (C=O) groups is 1. The highest BCUT2D eigenvalue weighted by molar-refractivity contribution is 6.15. The molecule has 0 aliphatic heterocycles. The Kier molecular flexibility index (Phi) is 4.10. The maximum atomic E-state index is 11.6. The number of esters is 1. The lowest BCUT2D eigenvalue weighted by atomic mass is 10.1. The number of benzene rings is 1. The molecule has 0 spiro atoms. The molecule has 0 saturated heterocycles. The highest BCUT2D eigenvalue weighted by atomic mass is 16.5. The van der Waals surface area contributed by atoms with E-state index in [0.717, 1.165) is 12.0 Å². The first-order valence-electron chi connectivity index (χ1n) is 5.10. The van der Waals surface area contributed by atoms with Crippen molar-refractivity contribution >= 4 is 11.5 Å². The van der Waals surface area contributed by atoms with E-state index in [1.54, 1.807) is 0 Å². The number of hydrogen-bond donors (Lipinski definition) is 0. The molecule has 0 aromatic heterocycles. The van der Waals surface area contributed by atoms with Gasteiger partial charge in [-0.1, -0.05) is 43.8 Å². The molecule has 0 fully saturated rings. The van der Waals surface area contributed by atoms with E-state index in [4.69, 9.17) is 4.74 Å². The summed E-state index contributed by atoms with van der Waals surface area (Å²) in [6.45, 7) is 7.58. The third kappa shape index (κ3) is 3.24. The molecule has 0 aliphatic rings. The average Bonchev–Trinajstić information content (AvgIpc) is 2.29. The first-order valence-corrected chi connectivity index (χ1v) is 5.10. The van der Waals surface area contributed by atoms with Crippen molar-refractivity contribution in [3.8, 4) is 0 Å². The zero-order valence-electron chi connectivity index (χ0n) is 9.19. The second kappa shape index (κ2) is 5.35. The van der Waals surface area contributed by atoms with Crippen molar-refractivity contribution in [1.82, 2.24) is 0 Å². The second-order valence-corrected chi connectivity index (χ2v) is 3.47. The zero-order chi connectivity index (χ0) is 11.3. The van der Waals surface area contributed by atoms with E-state index >= 15 is 0 Å². The van der Waals surface area contributed by atoms with Crippen LogP contribution in [0.4, 0.5) is 0 Å². The normalized spacial score (nSPS) is 11.9. The molecule has 0 bridgehead atoms. The first kappa shape index (κ1) is 11.5. The van der Waals surface area contributed by atoms with Gasteiger partial charge in [0.05, 0.1) is 11.7 Å². The summed E-state index contributed by atoms with van der Waals surface area (Å²) in [5.74, 6) is -0.337. The number of ether oxygens (including phenoxy) is 1. The molecular formula is C13H16O2. The molecule has 1 unspecified atom stereocenters. The molecular weight excluding hydrogens is 188 g/mol. The summed E-state index contributed by atoms with van der Waals surface area (Å²) in [5, 5.41) is 0. The van der Waals surface area contributed by atoms with Gasteiger partial charge >= 0.3 is 5.97 Å². The molecule has 0 radical (unpaired) electrons. The SMILES string of the molecule is C=C(C(=O)OC(C)CC)c1ccccc1. The van der Waals surface area contributed by atoms with E-state index < -0.39 is 0 Å². The Morgan fingerprint density at radius 3 is 2.53 bits per heavy atom. The van der Waals surface area contributed by atoms with Crippen LogP contribution in [0.2, 0.25) is 0 Å². The van der Waals surface area contributed by atoms with Gasteiger partial charge in [-0.2, -0.15) is 0 Å². The lowest BCUT2D eigenvalue weighted by Crippen LogP contribution is -2.14. The molecule has 1 atom stereocenters. The van der Waals surface area contributed by atoms with Crippen LogP contribution >= 0.6 is 0 Å². The minimum absolute atomic E-state index is 0.0574. The Balaban J connectivity index is 2.66. The topological polar surface area (TPSA) is 26.3 Å². The summed E-state index contributed by atoms with van der Waals surface area (Å²) < 4.78 is 5.18. The van der Waals surface area contributed by atoms with E-state index in [2.05, 4.69) is 6.58 Å². The van der Waals surface area contributed by atoms with Crippen LogP contribution in [-0.2, 0) is 9.53 Å². The quantitative estimate of drug-likeness (QED) is 0.556. The molecule has 0 aliphatic carbocycles. The lowest BCUT2D eigenvalue weighted by Gasteiger charge is -2.12. The highest BCUT2D eigenvalue weighted by Crippen LogP contribution is 2.14. The van der Waals surface area contributed by atoms with Crippen LogP contribution in [0, 0.1) is 0 Å². The molecule has 80 valence electrons. The number of hydrogen-bond acceptors (Lipinski definition) is 2. The molecule has 0 N–H and O–H groups in total. The molecule has 2 heteroatoms. The number of rotatable bonds is 4. The van der Waals surface area contributed by atoms with Crippen LogP contribution in [0.3, 0.4) is 0 Å². The first-order chi connectivity index (χ1) is 7.15. The van der Waals surface area contributed by atoms with E-state index in [-0.39, 0.29) is 12.1 Å². The molecule has 1 rings (SSSR count). The monoisotopic (exact) mass is 204 g/mol. The van der Waals surface area contributed by atoms with Crippen LogP contribution in [0.25, 0.3) is 5.57 Å². The molecule has 0 saturated carbocycles. The van der Waals surface area contributed by atoms with Crippen molar-refractivity contribution < 1.29 is 9.53 Å². The van der Waals surface area contributed by atoms with E-state index in [0.29, 0.717) is 5.57 Å². The lowest BCUT2D eigenvalue weighted by molar-refractivity contribution is -0.141. The summed E-state index contributed by atoms with van der Waals surface area (Å²) in [5.41, 5.74) is 1.22. The standard InChI is InChI=1S/C13H16O2/c1-4-10(2)15-13(14)11(3)12-8-6-5-7-9-12/h5-10H,3-4H2,1-2H3. The van der Waals surface area contributed by atoms with Crippen molar-refractivity contribution in [2.75, 3.05) is 0 Å². The maximum absolute atomic E-state index is 11.6. The van der Waals surface area contributed by atoms with Gasteiger partial charge < -0.3 is 4.74 Å². The van der Waals surface area contributed by atoms with Crippen molar-refractivity contribution in [1.29, 1.82) is 0 Å². The van der Waals surface area contributed by atoms with Gasteiger partial charge in [-0.05, 0) is 18.9 Å². The minimum atomic E-state index is -0.337. The summed E-state index contributed by atoms with van der Waals surface area (Å²) in [6, 6.07) is 9.34. The summed E-state index contributed by atoms with van der Waals surface area (Å²) in [6.07, 6.45) is 0.756. The van der Waals surface area contributed by atoms with Crippen LogP contribution < -0.4 is 0 Å². The molecule has 2 nitrogen and oxygen atoms in total. The van der Waals surface area contributed by atoms with Crippen LogP contribution in [0.5, 0.6) is 0 Å². The van der Waals surface area contributed by atoms with Gasteiger partial charge in [0.2, 0.25) is 0 Å².